The Morgan fingerprint density at radius 3 is 2.82 bits per heavy atom. The quantitative estimate of drug-likeness (QED) is 0.706. The number of carbonyl (C=O) groups is 2. The van der Waals surface area contributed by atoms with Crippen LogP contribution in [0.2, 0.25) is 0 Å². The van der Waals surface area contributed by atoms with Crippen LogP contribution in [0.5, 0.6) is 0 Å². The third-order valence-corrected chi connectivity index (χ3v) is 6.22. The van der Waals surface area contributed by atoms with Crippen molar-refractivity contribution < 1.29 is 19.4 Å². The number of aryl methyl sites for hydroxylation is 1. The fourth-order valence-corrected chi connectivity index (χ4v) is 4.02. The van der Waals surface area contributed by atoms with Crippen LogP contribution in [-0.2, 0) is 33.9 Å². The summed E-state index contributed by atoms with van der Waals surface area (Å²) in [5.41, 5.74) is 1.81. The van der Waals surface area contributed by atoms with Gasteiger partial charge in [0, 0.05) is 39.0 Å². The summed E-state index contributed by atoms with van der Waals surface area (Å²) in [4.78, 5) is 29.2. The molecule has 180 valence electrons. The molecule has 1 aliphatic rings. The first-order valence-corrected chi connectivity index (χ1v) is 11.6. The molecule has 9 nitrogen and oxygen atoms in total. The average molecular weight is 458 g/mol. The lowest BCUT2D eigenvalue weighted by Gasteiger charge is -2.35. The fraction of sp³-hybridized carbons (Fsp3) is 0.583. The van der Waals surface area contributed by atoms with Crippen LogP contribution in [0.1, 0.15) is 37.9 Å². The predicted molar refractivity (Wildman–Crippen MR) is 123 cm³/mol. The van der Waals surface area contributed by atoms with Gasteiger partial charge < -0.3 is 19.6 Å². The van der Waals surface area contributed by atoms with Gasteiger partial charge in [-0.15, -0.1) is 5.10 Å². The van der Waals surface area contributed by atoms with Crippen molar-refractivity contribution in [1.29, 1.82) is 0 Å². The zero-order valence-electron chi connectivity index (χ0n) is 19.8. The lowest BCUT2D eigenvalue weighted by Crippen LogP contribution is -2.48. The Morgan fingerprint density at radius 1 is 1.33 bits per heavy atom. The summed E-state index contributed by atoms with van der Waals surface area (Å²) in [6, 6.07) is 9.36. The number of nitrogens with zero attached hydrogens (tertiary/aromatic N) is 5. The lowest BCUT2D eigenvalue weighted by atomic mass is 10.0. The fourth-order valence-electron chi connectivity index (χ4n) is 4.02. The number of rotatable bonds is 6. The minimum absolute atomic E-state index is 0.00195. The number of likely N-dealkylation sites (N-methyl/N-ethyl adjacent to an activating group) is 1. The summed E-state index contributed by atoms with van der Waals surface area (Å²) >= 11 is 0. The van der Waals surface area contributed by atoms with Gasteiger partial charge in [0.25, 0.3) is 0 Å². The van der Waals surface area contributed by atoms with Crippen molar-refractivity contribution in [2.75, 3.05) is 26.7 Å². The molecular formula is C24H35N5O4. The third-order valence-electron chi connectivity index (χ3n) is 6.22. The first-order valence-electron chi connectivity index (χ1n) is 11.6. The molecule has 1 aliphatic heterocycles. The molecule has 2 aromatic rings. The maximum absolute atomic E-state index is 12.9. The van der Waals surface area contributed by atoms with Gasteiger partial charge in [0.1, 0.15) is 0 Å². The van der Waals surface area contributed by atoms with Crippen molar-refractivity contribution in [2.24, 2.45) is 5.92 Å². The predicted octanol–water partition coefficient (Wildman–Crippen LogP) is 1.50. The largest absolute Gasteiger partial charge is 0.394 e. The van der Waals surface area contributed by atoms with Crippen molar-refractivity contribution in [3.63, 3.8) is 0 Å². The summed E-state index contributed by atoms with van der Waals surface area (Å²) in [6.07, 6.45) is 2.70. The normalized spacial score (nSPS) is 21.0. The zero-order valence-corrected chi connectivity index (χ0v) is 19.8. The highest BCUT2D eigenvalue weighted by Gasteiger charge is 2.29. The van der Waals surface area contributed by atoms with E-state index in [-0.39, 0.29) is 36.5 Å². The SMILES string of the molecule is C[C@H](CO)N1C[C@H](C)[C@H](CN(C)C(=O)Cc2ccccc2)OCc2cnnn2CCCC1=O. The molecule has 0 spiro atoms. The lowest BCUT2D eigenvalue weighted by molar-refractivity contribution is -0.138. The third kappa shape index (κ3) is 6.85. The summed E-state index contributed by atoms with van der Waals surface area (Å²) < 4.78 is 8.05. The molecule has 0 fully saturated rings. The highest BCUT2D eigenvalue weighted by Crippen LogP contribution is 2.18. The molecule has 0 saturated carbocycles. The molecule has 1 aromatic heterocycles. The number of aromatic nitrogens is 3. The molecule has 1 aromatic carbocycles. The van der Waals surface area contributed by atoms with Crippen molar-refractivity contribution in [1.82, 2.24) is 24.8 Å². The van der Waals surface area contributed by atoms with Crippen LogP contribution in [0.4, 0.5) is 0 Å². The second-order valence-electron chi connectivity index (χ2n) is 8.89. The molecule has 1 N–H and O–H groups in total. The van der Waals surface area contributed by atoms with E-state index in [2.05, 4.69) is 10.3 Å². The Balaban J connectivity index is 1.76. The van der Waals surface area contributed by atoms with Gasteiger partial charge >= 0.3 is 0 Å². The van der Waals surface area contributed by atoms with Gasteiger partial charge in [-0.3, -0.25) is 9.59 Å². The van der Waals surface area contributed by atoms with Crippen molar-refractivity contribution >= 4 is 11.8 Å². The van der Waals surface area contributed by atoms with E-state index in [0.717, 1.165) is 11.3 Å². The molecule has 0 unspecified atom stereocenters. The number of hydrogen-bond acceptors (Lipinski definition) is 6. The van der Waals surface area contributed by atoms with Crippen LogP contribution >= 0.6 is 0 Å². The monoisotopic (exact) mass is 457 g/mol. The van der Waals surface area contributed by atoms with E-state index in [1.807, 2.05) is 44.2 Å². The zero-order chi connectivity index (χ0) is 23.8. The number of amides is 2. The molecule has 0 aliphatic carbocycles. The first-order chi connectivity index (χ1) is 15.9. The molecule has 33 heavy (non-hydrogen) atoms. The number of aliphatic hydroxyl groups excluding tert-OH is 1. The molecule has 3 rings (SSSR count). The molecule has 0 radical (unpaired) electrons. The maximum atomic E-state index is 12.9. The number of fused-ring (bicyclic) bond motifs is 1. The van der Waals surface area contributed by atoms with E-state index >= 15 is 0 Å². The van der Waals surface area contributed by atoms with Crippen LogP contribution in [-0.4, -0.2) is 80.6 Å². The van der Waals surface area contributed by atoms with Crippen LogP contribution in [0.3, 0.4) is 0 Å². The van der Waals surface area contributed by atoms with Gasteiger partial charge in [-0.05, 0) is 18.9 Å². The summed E-state index contributed by atoms with van der Waals surface area (Å²) in [5.74, 6) is -0.0527. The minimum atomic E-state index is -0.307. The number of aliphatic hydroxyl groups is 1. The van der Waals surface area contributed by atoms with E-state index in [1.54, 1.807) is 27.7 Å². The van der Waals surface area contributed by atoms with Gasteiger partial charge in [0.05, 0.1) is 43.7 Å². The smallest absolute Gasteiger partial charge is 0.226 e. The second-order valence-corrected chi connectivity index (χ2v) is 8.89. The molecule has 0 saturated heterocycles. The molecular weight excluding hydrogens is 422 g/mol. The van der Waals surface area contributed by atoms with Crippen LogP contribution in [0.25, 0.3) is 0 Å². The number of ether oxygens (including phenoxy) is 1. The summed E-state index contributed by atoms with van der Waals surface area (Å²) in [7, 11) is 1.78. The van der Waals surface area contributed by atoms with Gasteiger partial charge in [0.2, 0.25) is 11.8 Å². The number of hydrogen-bond donors (Lipinski definition) is 1. The van der Waals surface area contributed by atoms with Gasteiger partial charge in [0.15, 0.2) is 0 Å². The van der Waals surface area contributed by atoms with Gasteiger partial charge in [-0.1, -0.05) is 42.5 Å². The van der Waals surface area contributed by atoms with Crippen LogP contribution < -0.4 is 0 Å². The Bertz CT molecular complexity index is 903. The van der Waals surface area contributed by atoms with Gasteiger partial charge in [-0.2, -0.15) is 0 Å². The van der Waals surface area contributed by atoms with Crippen molar-refractivity contribution in [3.8, 4) is 0 Å². The highest BCUT2D eigenvalue weighted by atomic mass is 16.5. The summed E-state index contributed by atoms with van der Waals surface area (Å²) in [6.45, 7) is 5.50. The van der Waals surface area contributed by atoms with E-state index in [1.165, 1.54) is 0 Å². The number of benzene rings is 1. The minimum Gasteiger partial charge on any atom is -0.394 e. The van der Waals surface area contributed by atoms with E-state index < -0.39 is 0 Å². The number of carbonyl (C=O) groups excluding carboxylic acids is 2. The highest BCUT2D eigenvalue weighted by molar-refractivity contribution is 5.78. The van der Waals surface area contributed by atoms with Crippen molar-refractivity contribution in [2.45, 2.75) is 58.4 Å². The standard InChI is InChI=1S/C24H35N5O4/c1-18-14-28(19(2)16-30)23(31)10-7-11-29-21(13-25-26-29)17-33-22(18)15-27(3)24(32)12-20-8-5-4-6-9-20/h4-6,8-9,13,18-19,22,30H,7,10-12,14-17H2,1-3H3/t18-,19+,22-/m0/s1. The van der Waals surface area contributed by atoms with Crippen LogP contribution in [0, 0.1) is 5.92 Å². The molecule has 9 heteroatoms. The molecule has 2 amide bonds. The molecule has 0 bridgehead atoms. The Morgan fingerprint density at radius 2 is 2.09 bits per heavy atom. The average Bonchev–Trinajstić information content (AvgIpc) is 3.26. The molecule has 2 heterocycles. The van der Waals surface area contributed by atoms with Gasteiger partial charge in [-0.25, -0.2) is 4.68 Å². The van der Waals surface area contributed by atoms with E-state index in [9.17, 15) is 14.7 Å². The Labute approximate surface area is 195 Å². The summed E-state index contributed by atoms with van der Waals surface area (Å²) in [5, 5.41) is 17.8. The topological polar surface area (TPSA) is 101 Å². The Kier molecular flexibility index (Phi) is 8.96. The van der Waals surface area contributed by atoms with E-state index in [4.69, 9.17) is 4.74 Å². The maximum Gasteiger partial charge on any atom is 0.226 e. The first kappa shape index (κ1) is 24.9. The van der Waals surface area contributed by atoms with Crippen LogP contribution in [0.15, 0.2) is 36.5 Å². The second kappa shape index (κ2) is 11.9. The van der Waals surface area contributed by atoms with E-state index in [0.29, 0.717) is 45.5 Å². The van der Waals surface area contributed by atoms with Crippen molar-refractivity contribution in [3.05, 3.63) is 47.8 Å². The molecule has 3 atom stereocenters. The Hall–Kier alpha value is -2.78.